The first kappa shape index (κ1) is 17.8. The summed E-state index contributed by atoms with van der Waals surface area (Å²) in [5.41, 5.74) is 6.38. The number of hydrogen-bond acceptors (Lipinski definition) is 3. The second-order valence-electron chi connectivity index (χ2n) is 5.10. The summed E-state index contributed by atoms with van der Waals surface area (Å²) in [6.07, 6.45) is 2.38. The van der Waals surface area contributed by atoms with Crippen LogP contribution in [0.2, 0.25) is 0 Å². The molecule has 4 N–H and O–H groups in total. The minimum absolute atomic E-state index is 0.0864. The van der Waals surface area contributed by atoms with Crippen LogP contribution in [-0.4, -0.2) is 29.1 Å². The van der Waals surface area contributed by atoms with Crippen LogP contribution in [0.1, 0.15) is 24.8 Å². The van der Waals surface area contributed by atoms with Crippen LogP contribution in [0.4, 0.5) is 4.39 Å². The minimum atomic E-state index is -0.950. The van der Waals surface area contributed by atoms with Crippen molar-refractivity contribution >= 4 is 11.9 Å². The third-order valence-electron chi connectivity index (χ3n) is 3.18. The Morgan fingerprint density at radius 2 is 2.18 bits per heavy atom. The molecule has 0 heterocycles. The third kappa shape index (κ3) is 6.49. The van der Waals surface area contributed by atoms with Gasteiger partial charge in [0, 0.05) is 12.5 Å². The van der Waals surface area contributed by atoms with Gasteiger partial charge in [-0.2, -0.15) is 0 Å². The van der Waals surface area contributed by atoms with Crippen LogP contribution in [0.15, 0.2) is 36.9 Å². The maximum atomic E-state index is 13.2. The average Bonchev–Trinajstić information content (AvgIpc) is 2.45. The summed E-state index contributed by atoms with van der Waals surface area (Å²) in [6, 6.07) is 4.85. The second kappa shape index (κ2) is 8.94. The molecule has 0 saturated carbocycles. The molecule has 0 spiro atoms. The molecule has 22 heavy (non-hydrogen) atoms. The molecular weight excluding hydrogens is 287 g/mol. The average molecular weight is 308 g/mol. The van der Waals surface area contributed by atoms with Gasteiger partial charge in [-0.05, 0) is 37.0 Å². The van der Waals surface area contributed by atoms with Gasteiger partial charge in [0.05, 0.1) is 6.04 Å². The predicted molar refractivity (Wildman–Crippen MR) is 81.7 cm³/mol. The molecule has 0 fully saturated rings. The molecule has 2 atom stereocenters. The zero-order valence-corrected chi connectivity index (χ0v) is 12.3. The Bertz CT molecular complexity index is 534. The van der Waals surface area contributed by atoms with E-state index in [4.69, 9.17) is 10.8 Å². The van der Waals surface area contributed by atoms with Gasteiger partial charge in [0.1, 0.15) is 5.82 Å². The summed E-state index contributed by atoms with van der Waals surface area (Å²) < 4.78 is 13.2. The first-order chi connectivity index (χ1) is 10.4. The Labute approximate surface area is 129 Å². The third-order valence-corrected chi connectivity index (χ3v) is 3.18. The fraction of sp³-hybridized carbons (Fsp3) is 0.375. The highest BCUT2D eigenvalue weighted by atomic mass is 19.1. The molecular formula is C16H21FN2O3. The molecule has 0 aliphatic heterocycles. The van der Waals surface area contributed by atoms with E-state index < -0.39 is 18.1 Å². The van der Waals surface area contributed by atoms with Crippen molar-refractivity contribution in [3.8, 4) is 0 Å². The molecule has 0 aliphatic rings. The number of carbonyl (C=O) groups is 2. The van der Waals surface area contributed by atoms with Crippen LogP contribution in [0.25, 0.3) is 0 Å². The molecule has 0 aromatic heterocycles. The maximum absolute atomic E-state index is 13.2. The summed E-state index contributed by atoms with van der Waals surface area (Å²) in [5, 5.41) is 11.5. The van der Waals surface area contributed by atoms with Crippen LogP contribution < -0.4 is 11.1 Å². The standard InChI is InChI=1S/C16H21FN2O3/c1-2-4-14(18)16(22)19-13(7-8-15(20)21)10-11-5-3-6-12(17)9-11/h2-3,5-6,9,13-14H,1,4,7-8,10,18H2,(H,19,22)(H,20,21). The monoisotopic (exact) mass is 308 g/mol. The van der Waals surface area contributed by atoms with Gasteiger partial charge < -0.3 is 16.2 Å². The van der Waals surface area contributed by atoms with Gasteiger partial charge in [0.25, 0.3) is 0 Å². The van der Waals surface area contributed by atoms with Crippen molar-refractivity contribution in [3.05, 3.63) is 48.3 Å². The van der Waals surface area contributed by atoms with Crippen LogP contribution in [0.3, 0.4) is 0 Å². The van der Waals surface area contributed by atoms with E-state index in [1.165, 1.54) is 12.1 Å². The van der Waals surface area contributed by atoms with E-state index >= 15 is 0 Å². The Kier molecular flexibility index (Phi) is 7.25. The van der Waals surface area contributed by atoms with E-state index in [-0.39, 0.29) is 24.6 Å². The van der Waals surface area contributed by atoms with Crippen molar-refractivity contribution < 1.29 is 19.1 Å². The number of rotatable bonds is 9. The summed E-state index contributed by atoms with van der Waals surface area (Å²) in [4.78, 5) is 22.7. The first-order valence-electron chi connectivity index (χ1n) is 7.05. The number of benzene rings is 1. The Hall–Kier alpha value is -2.21. The predicted octanol–water partition coefficient (Wildman–Crippen LogP) is 1.62. The van der Waals surface area contributed by atoms with Gasteiger partial charge in [-0.3, -0.25) is 9.59 Å². The van der Waals surface area contributed by atoms with Crippen LogP contribution in [-0.2, 0) is 16.0 Å². The highest BCUT2D eigenvalue weighted by molar-refractivity contribution is 5.82. The zero-order chi connectivity index (χ0) is 16.5. The first-order valence-corrected chi connectivity index (χ1v) is 7.05. The van der Waals surface area contributed by atoms with Crippen molar-refractivity contribution in [2.75, 3.05) is 0 Å². The van der Waals surface area contributed by atoms with Gasteiger partial charge in [0.2, 0.25) is 5.91 Å². The lowest BCUT2D eigenvalue weighted by molar-refractivity contribution is -0.137. The van der Waals surface area contributed by atoms with Crippen molar-refractivity contribution in [2.45, 2.75) is 37.8 Å². The number of amides is 1. The SMILES string of the molecule is C=CCC(N)C(=O)NC(CCC(=O)O)Cc1cccc(F)c1. The van der Waals surface area contributed by atoms with Crippen molar-refractivity contribution in [2.24, 2.45) is 5.73 Å². The fourth-order valence-electron chi connectivity index (χ4n) is 2.07. The summed E-state index contributed by atoms with van der Waals surface area (Å²) >= 11 is 0. The normalized spacial score (nSPS) is 13.2. The topological polar surface area (TPSA) is 92.4 Å². The van der Waals surface area contributed by atoms with Crippen LogP contribution >= 0.6 is 0 Å². The number of hydrogen-bond donors (Lipinski definition) is 3. The molecule has 1 aromatic rings. The van der Waals surface area contributed by atoms with Gasteiger partial charge in [0.15, 0.2) is 0 Å². The number of aliphatic carboxylic acids is 1. The molecule has 120 valence electrons. The smallest absolute Gasteiger partial charge is 0.303 e. The highest BCUT2D eigenvalue weighted by Gasteiger charge is 2.18. The number of nitrogens with two attached hydrogens (primary N) is 1. The van der Waals surface area contributed by atoms with E-state index in [0.717, 1.165) is 0 Å². The lowest BCUT2D eigenvalue weighted by Crippen LogP contribution is -2.46. The molecule has 6 heteroatoms. The molecule has 2 unspecified atom stereocenters. The number of nitrogens with one attached hydrogen (secondary N) is 1. The lowest BCUT2D eigenvalue weighted by Gasteiger charge is -2.20. The van der Waals surface area contributed by atoms with Crippen molar-refractivity contribution in [3.63, 3.8) is 0 Å². The van der Waals surface area contributed by atoms with Gasteiger partial charge in [-0.15, -0.1) is 6.58 Å². The quantitative estimate of drug-likeness (QED) is 0.604. The number of carbonyl (C=O) groups excluding carboxylic acids is 1. The highest BCUT2D eigenvalue weighted by Crippen LogP contribution is 2.10. The molecule has 0 bridgehead atoms. The Morgan fingerprint density at radius 3 is 2.77 bits per heavy atom. The molecule has 5 nitrogen and oxygen atoms in total. The van der Waals surface area contributed by atoms with Gasteiger partial charge >= 0.3 is 5.97 Å². The lowest BCUT2D eigenvalue weighted by atomic mass is 10.0. The van der Waals surface area contributed by atoms with Crippen molar-refractivity contribution in [1.82, 2.24) is 5.32 Å². The fourth-order valence-corrected chi connectivity index (χ4v) is 2.07. The number of carboxylic acid groups (broad SMARTS) is 1. The largest absolute Gasteiger partial charge is 0.481 e. The molecule has 1 rings (SSSR count). The molecule has 0 saturated heterocycles. The van der Waals surface area contributed by atoms with E-state index in [0.29, 0.717) is 18.4 Å². The van der Waals surface area contributed by atoms with E-state index in [1.807, 2.05) is 0 Å². The number of carboxylic acids is 1. The second-order valence-corrected chi connectivity index (χ2v) is 5.10. The van der Waals surface area contributed by atoms with Crippen LogP contribution in [0.5, 0.6) is 0 Å². The van der Waals surface area contributed by atoms with Crippen molar-refractivity contribution in [1.29, 1.82) is 0 Å². The maximum Gasteiger partial charge on any atom is 0.303 e. The summed E-state index contributed by atoms with van der Waals surface area (Å²) in [5.74, 6) is -1.69. The number of halogens is 1. The zero-order valence-electron chi connectivity index (χ0n) is 12.3. The summed E-state index contributed by atoms with van der Waals surface area (Å²) in [7, 11) is 0. The molecule has 1 aromatic carbocycles. The molecule has 0 aliphatic carbocycles. The minimum Gasteiger partial charge on any atom is -0.481 e. The van der Waals surface area contributed by atoms with E-state index in [1.54, 1.807) is 18.2 Å². The van der Waals surface area contributed by atoms with Gasteiger partial charge in [-0.25, -0.2) is 4.39 Å². The van der Waals surface area contributed by atoms with Crippen LogP contribution in [0, 0.1) is 5.82 Å². The Morgan fingerprint density at radius 1 is 1.45 bits per heavy atom. The van der Waals surface area contributed by atoms with Gasteiger partial charge in [-0.1, -0.05) is 18.2 Å². The van der Waals surface area contributed by atoms with E-state index in [2.05, 4.69) is 11.9 Å². The summed E-state index contributed by atoms with van der Waals surface area (Å²) in [6.45, 7) is 3.52. The Balaban J connectivity index is 2.72. The van der Waals surface area contributed by atoms with E-state index in [9.17, 15) is 14.0 Å². The molecule has 1 amide bonds. The molecule has 0 radical (unpaired) electrons.